The number of halogens is 1. The minimum absolute atomic E-state index is 0.585. The van der Waals surface area contributed by atoms with Gasteiger partial charge in [-0.25, -0.2) is 0 Å². The normalized spacial score (nSPS) is 10.7. The van der Waals surface area contributed by atoms with Crippen LogP contribution in [0, 0.1) is 0 Å². The molecule has 0 amide bonds. The van der Waals surface area contributed by atoms with Crippen LogP contribution in [-0.4, -0.2) is 19.4 Å². The van der Waals surface area contributed by atoms with Gasteiger partial charge in [0.25, 0.3) is 0 Å². The summed E-state index contributed by atoms with van der Waals surface area (Å²) in [6.07, 6.45) is 1.72. The summed E-state index contributed by atoms with van der Waals surface area (Å²) in [7, 11) is 0. The van der Waals surface area contributed by atoms with Crippen LogP contribution >= 0.6 is 11.6 Å². The summed E-state index contributed by atoms with van der Waals surface area (Å²) < 4.78 is 11.1. The third kappa shape index (κ3) is 4.67. The Bertz CT molecular complexity index is 644. The maximum atomic E-state index is 5.92. The first-order chi connectivity index (χ1) is 10.7. The first kappa shape index (κ1) is 16.2. The van der Waals surface area contributed by atoms with Crippen molar-refractivity contribution < 1.29 is 9.47 Å². The van der Waals surface area contributed by atoms with Crippen LogP contribution in [0.25, 0.3) is 0 Å². The van der Waals surface area contributed by atoms with E-state index in [1.807, 2.05) is 56.3 Å². The Labute approximate surface area is 135 Å². The quantitative estimate of drug-likeness (QED) is 0.600. The first-order valence-electron chi connectivity index (χ1n) is 7.17. The van der Waals surface area contributed by atoms with Crippen molar-refractivity contribution in [2.45, 2.75) is 13.8 Å². The fourth-order valence-electron chi connectivity index (χ4n) is 1.89. The smallest absolute Gasteiger partial charge is 0.161 e. The van der Waals surface area contributed by atoms with Crippen LogP contribution in [0.4, 0.5) is 5.69 Å². The molecule has 2 rings (SSSR count). The van der Waals surface area contributed by atoms with Gasteiger partial charge in [-0.2, -0.15) is 5.10 Å². The van der Waals surface area contributed by atoms with Crippen LogP contribution in [0.3, 0.4) is 0 Å². The van der Waals surface area contributed by atoms with Gasteiger partial charge in [0.15, 0.2) is 11.5 Å². The number of ether oxygens (including phenoxy) is 2. The molecule has 2 aromatic rings. The lowest BCUT2D eigenvalue weighted by Gasteiger charge is -2.11. The van der Waals surface area contributed by atoms with Crippen molar-refractivity contribution in [1.29, 1.82) is 0 Å². The second-order valence-electron chi connectivity index (χ2n) is 4.45. The zero-order chi connectivity index (χ0) is 15.8. The second-order valence-corrected chi connectivity index (χ2v) is 4.89. The van der Waals surface area contributed by atoms with E-state index in [1.54, 1.807) is 6.21 Å². The highest BCUT2D eigenvalue weighted by molar-refractivity contribution is 6.30. The number of hydrazone groups is 1. The number of hydrogen-bond acceptors (Lipinski definition) is 4. The largest absolute Gasteiger partial charge is 0.490 e. The molecule has 0 aliphatic heterocycles. The average Bonchev–Trinajstić information content (AvgIpc) is 2.50. The standard InChI is InChI=1S/C17H19ClN2O2/c1-3-21-16-9-8-13(10-17(16)22-4-2)12-19-20-15-7-5-6-14(18)11-15/h5-12,20H,3-4H2,1-2H3. The second kappa shape index (κ2) is 8.29. The summed E-state index contributed by atoms with van der Waals surface area (Å²) in [5, 5.41) is 4.87. The first-order valence-corrected chi connectivity index (χ1v) is 7.55. The van der Waals surface area contributed by atoms with E-state index < -0.39 is 0 Å². The van der Waals surface area contributed by atoms with Crippen LogP contribution in [0.2, 0.25) is 5.02 Å². The number of anilines is 1. The zero-order valence-corrected chi connectivity index (χ0v) is 13.4. The number of rotatable bonds is 7. The maximum absolute atomic E-state index is 5.92. The molecule has 0 aliphatic carbocycles. The van der Waals surface area contributed by atoms with E-state index in [9.17, 15) is 0 Å². The molecule has 116 valence electrons. The lowest BCUT2D eigenvalue weighted by Crippen LogP contribution is -1.99. The minimum atomic E-state index is 0.585. The van der Waals surface area contributed by atoms with Crippen LogP contribution in [0.5, 0.6) is 11.5 Å². The van der Waals surface area contributed by atoms with Crippen molar-refractivity contribution in [2.75, 3.05) is 18.6 Å². The molecule has 4 nitrogen and oxygen atoms in total. The molecular formula is C17H19ClN2O2. The van der Waals surface area contributed by atoms with Gasteiger partial charge in [-0.1, -0.05) is 17.7 Å². The van der Waals surface area contributed by atoms with E-state index >= 15 is 0 Å². The lowest BCUT2D eigenvalue weighted by atomic mass is 10.2. The monoisotopic (exact) mass is 318 g/mol. The summed E-state index contributed by atoms with van der Waals surface area (Å²) in [4.78, 5) is 0. The Balaban J connectivity index is 2.08. The SMILES string of the molecule is CCOc1ccc(C=NNc2cccc(Cl)c2)cc1OCC. The Morgan fingerprint density at radius 1 is 1.05 bits per heavy atom. The number of nitrogens with one attached hydrogen (secondary N) is 1. The maximum Gasteiger partial charge on any atom is 0.161 e. The molecule has 1 N–H and O–H groups in total. The van der Waals surface area contributed by atoms with Gasteiger partial charge in [-0.3, -0.25) is 5.43 Å². The predicted octanol–water partition coefficient (Wildman–Crippen LogP) is 4.58. The molecule has 0 aromatic heterocycles. The lowest BCUT2D eigenvalue weighted by molar-refractivity contribution is 0.288. The van der Waals surface area contributed by atoms with Crippen molar-refractivity contribution in [1.82, 2.24) is 0 Å². The molecule has 0 saturated heterocycles. The van der Waals surface area contributed by atoms with Gasteiger partial charge in [0.2, 0.25) is 0 Å². The summed E-state index contributed by atoms with van der Waals surface area (Å²) in [5.74, 6) is 1.46. The van der Waals surface area contributed by atoms with Gasteiger partial charge >= 0.3 is 0 Å². The number of hydrogen-bond donors (Lipinski definition) is 1. The minimum Gasteiger partial charge on any atom is -0.490 e. The summed E-state index contributed by atoms with van der Waals surface area (Å²) >= 11 is 5.92. The molecule has 0 spiro atoms. The predicted molar refractivity (Wildman–Crippen MR) is 91.4 cm³/mol. The highest BCUT2D eigenvalue weighted by Gasteiger charge is 2.04. The van der Waals surface area contributed by atoms with Gasteiger partial charge in [-0.15, -0.1) is 0 Å². The van der Waals surface area contributed by atoms with Crippen LogP contribution < -0.4 is 14.9 Å². The number of nitrogens with zero attached hydrogens (tertiary/aromatic N) is 1. The molecule has 22 heavy (non-hydrogen) atoms. The Kier molecular flexibility index (Phi) is 6.10. The van der Waals surface area contributed by atoms with E-state index in [-0.39, 0.29) is 0 Å². The third-order valence-electron chi connectivity index (χ3n) is 2.80. The molecule has 0 unspecified atom stereocenters. The van der Waals surface area contributed by atoms with E-state index in [4.69, 9.17) is 21.1 Å². The molecule has 0 fully saturated rings. The third-order valence-corrected chi connectivity index (χ3v) is 3.03. The molecule has 2 aromatic carbocycles. The molecule has 5 heteroatoms. The summed E-state index contributed by atoms with van der Waals surface area (Å²) in [6.45, 7) is 5.07. The van der Waals surface area contributed by atoms with Crippen molar-refractivity contribution in [3.05, 3.63) is 53.1 Å². The van der Waals surface area contributed by atoms with E-state index in [1.165, 1.54) is 0 Å². The number of benzene rings is 2. The summed E-state index contributed by atoms with van der Waals surface area (Å²) in [5.41, 5.74) is 4.69. The van der Waals surface area contributed by atoms with Crippen molar-refractivity contribution >= 4 is 23.5 Å². The molecule has 0 radical (unpaired) electrons. The Morgan fingerprint density at radius 3 is 2.55 bits per heavy atom. The summed E-state index contributed by atoms with van der Waals surface area (Å²) in [6, 6.07) is 13.1. The van der Waals surface area contributed by atoms with E-state index in [2.05, 4.69) is 10.5 Å². The molecule has 0 heterocycles. The molecular weight excluding hydrogens is 300 g/mol. The van der Waals surface area contributed by atoms with Crippen LogP contribution in [0.15, 0.2) is 47.6 Å². The average molecular weight is 319 g/mol. The molecule has 0 bridgehead atoms. The van der Waals surface area contributed by atoms with Gasteiger partial charge in [0.1, 0.15) is 0 Å². The van der Waals surface area contributed by atoms with Crippen molar-refractivity contribution in [3.63, 3.8) is 0 Å². The van der Waals surface area contributed by atoms with Crippen LogP contribution in [0.1, 0.15) is 19.4 Å². The molecule has 0 aliphatic rings. The van der Waals surface area contributed by atoms with Gasteiger partial charge in [0.05, 0.1) is 25.1 Å². The Hall–Kier alpha value is -2.20. The fourth-order valence-corrected chi connectivity index (χ4v) is 2.08. The van der Waals surface area contributed by atoms with Crippen molar-refractivity contribution in [3.8, 4) is 11.5 Å². The molecule has 0 saturated carbocycles. The van der Waals surface area contributed by atoms with Gasteiger partial charge in [-0.05, 0) is 55.8 Å². The van der Waals surface area contributed by atoms with E-state index in [0.717, 1.165) is 22.7 Å². The Morgan fingerprint density at radius 2 is 1.82 bits per heavy atom. The van der Waals surface area contributed by atoms with Crippen molar-refractivity contribution in [2.24, 2.45) is 5.10 Å². The van der Waals surface area contributed by atoms with Crippen LogP contribution in [-0.2, 0) is 0 Å². The van der Waals surface area contributed by atoms with E-state index in [0.29, 0.717) is 18.2 Å². The molecule has 0 atom stereocenters. The van der Waals surface area contributed by atoms with Gasteiger partial charge < -0.3 is 9.47 Å². The van der Waals surface area contributed by atoms with Gasteiger partial charge in [0, 0.05) is 5.02 Å². The topological polar surface area (TPSA) is 42.8 Å². The zero-order valence-electron chi connectivity index (χ0n) is 12.7. The fraction of sp³-hybridized carbons (Fsp3) is 0.235. The highest BCUT2D eigenvalue weighted by Crippen LogP contribution is 2.28. The highest BCUT2D eigenvalue weighted by atomic mass is 35.5.